The highest BCUT2D eigenvalue weighted by molar-refractivity contribution is 6.33. The van der Waals surface area contributed by atoms with Gasteiger partial charge in [-0.15, -0.1) is 0 Å². The summed E-state index contributed by atoms with van der Waals surface area (Å²) >= 11 is 6.16. The summed E-state index contributed by atoms with van der Waals surface area (Å²) in [5.74, 6) is -1.15. The molecule has 0 bridgehead atoms. The number of imide groups is 1. The van der Waals surface area contributed by atoms with Crippen LogP contribution in [0.25, 0.3) is 0 Å². The standard InChI is InChI=1S/C47H50ClFN10O4/c1-30-29-58(37-16-10-32(11-17-37)38-18-19-42(60)54-46(38)63)27-26-57(30)23-20-31-21-24-59(25-22-31)56-45(62)34-8-14-36(15-9-34)52-47-50-28-40(49)43(55-47)51-35-12-6-33(7-13-35)44(61)53-41-5-3-2-4-39(41)48/h2-17,28,30-31,38H,18-27,29H2,1H3,(H,53,61)(H,56,62)(H,54,60,63)(H2,50,51,52,55)/t30-,38?/m0/s1. The second-order valence-electron chi connectivity index (χ2n) is 16.3. The van der Waals surface area contributed by atoms with Crippen molar-refractivity contribution in [3.63, 3.8) is 0 Å². The largest absolute Gasteiger partial charge is 0.369 e. The van der Waals surface area contributed by atoms with Gasteiger partial charge in [0.2, 0.25) is 17.8 Å². The molecule has 3 saturated heterocycles. The van der Waals surface area contributed by atoms with Crippen LogP contribution in [0, 0.1) is 11.7 Å². The number of carbonyl (C=O) groups is 4. The summed E-state index contributed by atoms with van der Waals surface area (Å²) in [4.78, 5) is 63.1. The first-order chi connectivity index (χ1) is 30.5. The fraction of sp³-hybridized carbons (Fsp3) is 0.319. The van der Waals surface area contributed by atoms with Crippen molar-refractivity contribution >= 4 is 69.7 Å². The molecule has 63 heavy (non-hydrogen) atoms. The van der Waals surface area contributed by atoms with E-state index in [0.717, 1.165) is 76.0 Å². The smallest absolute Gasteiger partial charge is 0.265 e. The third-order valence-electron chi connectivity index (χ3n) is 12.0. The van der Waals surface area contributed by atoms with Crippen LogP contribution in [0.15, 0.2) is 103 Å². The molecule has 0 aliphatic carbocycles. The number of nitrogens with one attached hydrogen (secondary N) is 5. The zero-order valence-corrected chi connectivity index (χ0v) is 35.7. The number of halogens is 2. The maximum atomic E-state index is 14.7. The summed E-state index contributed by atoms with van der Waals surface area (Å²) in [6.45, 7) is 7.77. The molecule has 0 spiro atoms. The van der Waals surface area contributed by atoms with Crippen LogP contribution in [-0.4, -0.2) is 88.8 Å². The molecule has 3 aliphatic rings. The molecule has 1 aromatic heterocycles. The average molecular weight is 873 g/mol. The zero-order chi connectivity index (χ0) is 43.9. The lowest BCUT2D eigenvalue weighted by Gasteiger charge is -2.42. The highest BCUT2D eigenvalue weighted by atomic mass is 35.5. The third-order valence-corrected chi connectivity index (χ3v) is 12.4. The number of rotatable bonds is 13. The Hall–Kier alpha value is -6.42. The van der Waals surface area contributed by atoms with Crippen molar-refractivity contribution in [1.29, 1.82) is 0 Å². The van der Waals surface area contributed by atoms with Gasteiger partial charge in [-0.2, -0.15) is 4.98 Å². The molecule has 326 valence electrons. The lowest BCUT2D eigenvalue weighted by Crippen LogP contribution is -2.52. The Morgan fingerprint density at radius 2 is 1.51 bits per heavy atom. The molecule has 14 nitrogen and oxygen atoms in total. The fourth-order valence-corrected chi connectivity index (χ4v) is 8.51. The van der Waals surface area contributed by atoms with E-state index in [0.29, 0.717) is 58.0 Å². The van der Waals surface area contributed by atoms with Crippen LogP contribution in [-0.2, 0) is 9.59 Å². The molecule has 5 N–H and O–H groups in total. The third kappa shape index (κ3) is 11.0. The number of amides is 4. The maximum absolute atomic E-state index is 14.7. The Balaban J connectivity index is 0.748. The summed E-state index contributed by atoms with van der Waals surface area (Å²) in [6, 6.07) is 29.0. The van der Waals surface area contributed by atoms with Gasteiger partial charge in [-0.05, 0) is 123 Å². The molecule has 1 unspecified atom stereocenters. The van der Waals surface area contributed by atoms with Crippen LogP contribution < -0.4 is 31.6 Å². The highest BCUT2D eigenvalue weighted by Crippen LogP contribution is 2.29. The number of para-hydroxylation sites is 1. The summed E-state index contributed by atoms with van der Waals surface area (Å²) in [7, 11) is 0. The molecule has 0 saturated carbocycles. The maximum Gasteiger partial charge on any atom is 0.265 e. The Labute approximate surface area is 370 Å². The molecule has 5 aromatic rings. The van der Waals surface area contributed by atoms with E-state index in [4.69, 9.17) is 11.6 Å². The SMILES string of the molecule is C[C@H]1CN(c2ccc(C3CCC(=O)NC3=O)cc2)CCN1CCC1CCN(NC(=O)c2ccc(Nc3ncc(F)c(Nc4ccc(C(=O)Nc5ccccc5Cl)cc4)n3)cc2)CC1. The minimum atomic E-state index is -0.656. The van der Waals surface area contributed by atoms with Gasteiger partial charge in [0.25, 0.3) is 11.8 Å². The van der Waals surface area contributed by atoms with E-state index in [1.54, 1.807) is 72.8 Å². The molecule has 4 aromatic carbocycles. The Morgan fingerprint density at radius 1 is 0.825 bits per heavy atom. The molecular weight excluding hydrogens is 823 g/mol. The second kappa shape index (κ2) is 19.7. The van der Waals surface area contributed by atoms with Crippen LogP contribution in [0.5, 0.6) is 0 Å². The fourth-order valence-electron chi connectivity index (χ4n) is 8.33. The lowest BCUT2D eigenvalue weighted by atomic mass is 9.90. The van der Waals surface area contributed by atoms with Gasteiger partial charge >= 0.3 is 0 Å². The number of hydrogen-bond donors (Lipinski definition) is 5. The van der Waals surface area contributed by atoms with Gasteiger partial charge in [0.05, 0.1) is 22.8 Å². The topological polar surface area (TPSA) is 164 Å². The quantitative estimate of drug-likeness (QED) is 0.0746. The first-order valence-electron chi connectivity index (χ1n) is 21.4. The summed E-state index contributed by atoms with van der Waals surface area (Å²) in [5.41, 5.74) is 7.72. The molecule has 16 heteroatoms. The molecule has 3 fully saturated rings. The van der Waals surface area contributed by atoms with E-state index in [2.05, 4.69) is 65.5 Å². The van der Waals surface area contributed by atoms with Crippen molar-refractivity contribution in [3.8, 4) is 0 Å². The Kier molecular flexibility index (Phi) is 13.5. The predicted molar refractivity (Wildman–Crippen MR) is 242 cm³/mol. The summed E-state index contributed by atoms with van der Waals surface area (Å²) in [6.07, 6.45) is 5.14. The first kappa shape index (κ1) is 43.2. The Morgan fingerprint density at radius 3 is 2.19 bits per heavy atom. The lowest BCUT2D eigenvalue weighted by molar-refractivity contribution is -0.134. The van der Waals surface area contributed by atoms with Gasteiger partial charge < -0.3 is 20.9 Å². The average Bonchev–Trinajstić information content (AvgIpc) is 3.29. The number of anilines is 6. The number of hydrazine groups is 1. The number of piperidine rings is 2. The van der Waals surface area contributed by atoms with Crippen LogP contribution in [0.3, 0.4) is 0 Å². The van der Waals surface area contributed by atoms with Gasteiger partial charge in [-0.1, -0.05) is 35.9 Å². The predicted octanol–water partition coefficient (Wildman–Crippen LogP) is 7.49. The monoisotopic (exact) mass is 872 g/mol. The van der Waals surface area contributed by atoms with Gasteiger partial charge in [0, 0.05) is 73.4 Å². The number of benzene rings is 4. The minimum Gasteiger partial charge on any atom is -0.369 e. The molecule has 4 heterocycles. The summed E-state index contributed by atoms with van der Waals surface area (Å²) < 4.78 is 14.7. The van der Waals surface area contributed by atoms with E-state index in [1.165, 1.54) is 0 Å². The van der Waals surface area contributed by atoms with E-state index in [1.807, 2.05) is 17.1 Å². The molecule has 3 aliphatic heterocycles. The zero-order valence-electron chi connectivity index (χ0n) is 35.0. The van der Waals surface area contributed by atoms with Crippen LogP contribution in [0.2, 0.25) is 5.02 Å². The number of carbonyl (C=O) groups excluding carboxylic acids is 4. The molecule has 0 radical (unpaired) electrons. The summed E-state index contributed by atoms with van der Waals surface area (Å²) in [5, 5.41) is 13.7. The van der Waals surface area contributed by atoms with Gasteiger partial charge in [-0.3, -0.25) is 34.8 Å². The molecule has 4 amide bonds. The molecule has 8 rings (SSSR count). The number of aromatic nitrogens is 2. The van der Waals surface area contributed by atoms with Crippen molar-refractivity contribution in [2.24, 2.45) is 5.92 Å². The number of hydrogen-bond acceptors (Lipinski definition) is 11. The highest BCUT2D eigenvalue weighted by Gasteiger charge is 2.29. The molecular formula is C47H50ClFN10O4. The van der Waals surface area contributed by atoms with Gasteiger partial charge in [-0.25, -0.2) is 14.4 Å². The normalized spacial score (nSPS) is 18.7. The van der Waals surface area contributed by atoms with E-state index >= 15 is 0 Å². The van der Waals surface area contributed by atoms with Gasteiger partial charge in [0.1, 0.15) is 0 Å². The first-order valence-corrected chi connectivity index (χ1v) is 21.7. The van der Waals surface area contributed by atoms with Crippen molar-refractivity contribution in [2.45, 2.75) is 51.0 Å². The van der Waals surface area contributed by atoms with E-state index in [-0.39, 0.29) is 41.3 Å². The van der Waals surface area contributed by atoms with Crippen LogP contribution in [0.4, 0.5) is 38.9 Å². The number of piperazine rings is 1. The van der Waals surface area contributed by atoms with E-state index in [9.17, 15) is 23.6 Å². The second-order valence-corrected chi connectivity index (χ2v) is 16.7. The van der Waals surface area contributed by atoms with Crippen LogP contribution in [0.1, 0.15) is 71.2 Å². The van der Waals surface area contributed by atoms with E-state index < -0.39 is 5.82 Å². The molecule has 2 atom stereocenters. The van der Waals surface area contributed by atoms with Crippen molar-refractivity contribution in [1.82, 2.24) is 30.6 Å². The van der Waals surface area contributed by atoms with Crippen molar-refractivity contribution in [2.75, 3.05) is 60.1 Å². The van der Waals surface area contributed by atoms with Crippen molar-refractivity contribution in [3.05, 3.63) is 131 Å². The number of nitrogens with zero attached hydrogens (tertiary/aromatic N) is 5. The van der Waals surface area contributed by atoms with Crippen molar-refractivity contribution < 1.29 is 23.6 Å². The van der Waals surface area contributed by atoms with Gasteiger partial charge in [0.15, 0.2) is 11.6 Å². The minimum absolute atomic E-state index is 0.0532. The Bertz CT molecular complexity index is 2430. The van der Waals surface area contributed by atoms with Crippen LogP contribution >= 0.6 is 11.6 Å².